The van der Waals surface area contributed by atoms with Crippen molar-refractivity contribution < 1.29 is 22.7 Å². The second-order valence-corrected chi connectivity index (χ2v) is 5.68. The monoisotopic (exact) mass is 340 g/mol. The zero-order chi connectivity index (χ0) is 17.5. The van der Waals surface area contributed by atoms with Gasteiger partial charge in [0.25, 0.3) is 5.91 Å². The molecule has 1 aliphatic heterocycles. The maximum atomic E-state index is 12.8. The first-order valence-corrected chi connectivity index (χ1v) is 7.37. The smallest absolute Gasteiger partial charge is 0.365 e. The molecule has 1 aromatic heterocycles. The molecule has 2 aromatic rings. The molecule has 1 fully saturated rings. The van der Waals surface area contributed by atoms with Gasteiger partial charge in [-0.25, -0.2) is 0 Å². The third kappa shape index (κ3) is 2.89. The number of pyridine rings is 1. The van der Waals surface area contributed by atoms with Crippen LogP contribution >= 0.6 is 0 Å². The quantitative estimate of drug-likeness (QED) is 0.866. The molecule has 1 amide bonds. The number of nitrogens with zero attached hydrogens (tertiary/aromatic N) is 1. The van der Waals surface area contributed by atoms with E-state index in [4.69, 9.17) is 0 Å². The maximum absolute atomic E-state index is 12.8. The summed E-state index contributed by atoms with van der Waals surface area (Å²) in [6.45, 7) is 0.987. The highest BCUT2D eigenvalue weighted by Gasteiger charge is 2.44. The van der Waals surface area contributed by atoms with E-state index in [0.29, 0.717) is 10.9 Å². The number of fused-ring (bicyclic) bond motifs is 1. The van der Waals surface area contributed by atoms with Crippen molar-refractivity contribution in [3.63, 3.8) is 0 Å². The minimum atomic E-state index is -4.55. The number of nitrogens with one attached hydrogen (secondary N) is 1. The summed E-state index contributed by atoms with van der Waals surface area (Å²) in [7, 11) is 0. The van der Waals surface area contributed by atoms with Gasteiger partial charge < -0.3 is 14.6 Å². The molecule has 0 aliphatic carbocycles. The maximum Gasteiger partial charge on any atom is 0.416 e. The fourth-order valence-electron chi connectivity index (χ4n) is 2.76. The normalized spacial score (nSPS) is 18.8. The number of aromatic amines is 1. The number of hydrogen-bond acceptors (Lipinski definition) is 3. The molecule has 1 N–H and O–H groups in total. The van der Waals surface area contributed by atoms with E-state index in [1.165, 1.54) is 6.20 Å². The first-order valence-electron chi connectivity index (χ1n) is 7.37. The number of hydrogen-bond donors (Lipinski definition) is 1. The summed E-state index contributed by atoms with van der Waals surface area (Å²) < 4.78 is 43.0. The van der Waals surface area contributed by atoms with Crippen LogP contribution in [0.1, 0.15) is 15.9 Å². The van der Waals surface area contributed by atoms with Gasteiger partial charge >= 0.3 is 6.18 Å². The van der Waals surface area contributed by atoms with Crippen molar-refractivity contribution in [1.82, 2.24) is 9.88 Å². The lowest BCUT2D eigenvalue weighted by molar-refractivity contribution is -0.233. The zero-order valence-electron chi connectivity index (χ0n) is 12.8. The minimum Gasteiger partial charge on any atom is -0.365 e. The Morgan fingerprint density at radius 3 is 2.83 bits per heavy atom. The molecule has 1 aromatic carbocycles. The Kier molecular flexibility index (Phi) is 4.08. The number of amides is 1. The van der Waals surface area contributed by atoms with Crippen molar-refractivity contribution in [1.29, 1.82) is 0 Å². The Hall–Kier alpha value is -2.35. The van der Waals surface area contributed by atoms with Crippen molar-refractivity contribution in [2.45, 2.75) is 19.2 Å². The number of carbonyl (C=O) groups excluding carboxylic acids is 1. The molecular formula is C16H15F3N2O3. The number of benzene rings is 1. The Morgan fingerprint density at radius 2 is 2.12 bits per heavy atom. The molecule has 3 rings (SSSR count). The van der Waals surface area contributed by atoms with Crippen LogP contribution < -0.4 is 5.43 Å². The van der Waals surface area contributed by atoms with Gasteiger partial charge in [-0.15, -0.1) is 0 Å². The number of para-hydroxylation sites is 1. The van der Waals surface area contributed by atoms with Gasteiger partial charge in [0, 0.05) is 18.1 Å². The van der Waals surface area contributed by atoms with Crippen molar-refractivity contribution >= 4 is 16.8 Å². The van der Waals surface area contributed by atoms with Gasteiger partial charge in [0.05, 0.1) is 18.7 Å². The Labute approximate surface area is 135 Å². The number of rotatable bonds is 1. The molecular weight excluding hydrogens is 325 g/mol. The molecule has 5 nitrogen and oxygen atoms in total. The third-order valence-electron chi connectivity index (χ3n) is 4.07. The number of alkyl halides is 3. The average molecular weight is 340 g/mol. The molecule has 1 atom stereocenters. The molecule has 24 heavy (non-hydrogen) atoms. The van der Waals surface area contributed by atoms with E-state index in [0.717, 1.165) is 10.5 Å². The summed E-state index contributed by atoms with van der Waals surface area (Å²) in [6, 6.07) is 5.08. The average Bonchev–Trinajstić information content (AvgIpc) is 2.55. The first kappa shape index (κ1) is 16.5. The number of carbonyl (C=O) groups is 1. The molecule has 2 heterocycles. The fourth-order valence-corrected chi connectivity index (χ4v) is 2.76. The lowest BCUT2D eigenvalue weighted by Crippen LogP contribution is -2.51. The van der Waals surface area contributed by atoms with Gasteiger partial charge in [0.15, 0.2) is 6.10 Å². The lowest BCUT2D eigenvalue weighted by Gasteiger charge is -2.33. The van der Waals surface area contributed by atoms with E-state index >= 15 is 0 Å². The third-order valence-corrected chi connectivity index (χ3v) is 4.07. The highest BCUT2D eigenvalue weighted by molar-refractivity contribution is 5.97. The van der Waals surface area contributed by atoms with Crippen LogP contribution in [0.3, 0.4) is 0 Å². The molecule has 8 heteroatoms. The van der Waals surface area contributed by atoms with E-state index in [9.17, 15) is 22.8 Å². The van der Waals surface area contributed by atoms with Crippen molar-refractivity contribution in [3.05, 3.63) is 45.7 Å². The molecule has 0 saturated carbocycles. The standard InChI is InChI=1S/C16H15F3N2O3/c1-9-3-2-4-10-13(9)20-7-11(14(10)22)15(23)21-5-6-24-12(8-21)16(17,18)19/h2-4,7,12H,5-6,8H2,1H3,(H,20,22)/t12-/m1/s1. The first-order chi connectivity index (χ1) is 11.3. The van der Waals surface area contributed by atoms with Gasteiger partial charge in [-0.2, -0.15) is 13.2 Å². The highest BCUT2D eigenvalue weighted by Crippen LogP contribution is 2.26. The van der Waals surface area contributed by atoms with E-state index < -0.39 is 30.2 Å². The Morgan fingerprint density at radius 1 is 1.38 bits per heavy atom. The summed E-state index contributed by atoms with van der Waals surface area (Å²) in [5, 5.41) is 0.335. The van der Waals surface area contributed by atoms with Gasteiger partial charge in [0.2, 0.25) is 5.43 Å². The van der Waals surface area contributed by atoms with E-state index in [1.807, 2.05) is 13.0 Å². The van der Waals surface area contributed by atoms with Crippen LogP contribution in [0, 0.1) is 6.92 Å². The largest absolute Gasteiger partial charge is 0.416 e. The van der Waals surface area contributed by atoms with Crippen LogP contribution in [0.5, 0.6) is 0 Å². The van der Waals surface area contributed by atoms with Crippen LogP contribution in [0.15, 0.2) is 29.2 Å². The van der Waals surface area contributed by atoms with Crippen LogP contribution in [0.4, 0.5) is 13.2 Å². The number of halogens is 3. The second kappa shape index (κ2) is 5.94. The van der Waals surface area contributed by atoms with Gasteiger partial charge in [0.1, 0.15) is 5.56 Å². The number of aromatic nitrogens is 1. The van der Waals surface area contributed by atoms with Crippen molar-refractivity contribution in [2.75, 3.05) is 19.7 Å². The molecule has 0 radical (unpaired) electrons. The lowest BCUT2D eigenvalue weighted by atomic mass is 10.1. The summed E-state index contributed by atoms with van der Waals surface area (Å²) >= 11 is 0. The number of H-pyrrole nitrogens is 1. The number of aryl methyl sites for hydroxylation is 1. The van der Waals surface area contributed by atoms with E-state index in [2.05, 4.69) is 9.72 Å². The Bertz CT molecular complexity index is 845. The van der Waals surface area contributed by atoms with Gasteiger partial charge in [-0.3, -0.25) is 9.59 Å². The van der Waals surface area contributed by atoms with Crippen molar-refractivity contribution in [3.8, 4) is 0 Å². The molecule has 1 saturated heterocycles. The van der Waals surface area contributed by atoms with Crippen LogP contribution in [0.2, 0.25) is 0 Å². The zero-order valence-corrected chi connectivity index (χ0v) is 12.8. The van der Waals surface area contributed by atoms with Gasteiger partial charge in [-0.05, 0) is 18.6 Å². The number of morpholine rings is 1. The SMILES string of the molecule is Cc1cccc2c(=O)c(C(=O)N3CCO[C@@H](C(F)(F)F)C3)c[nH]c12. The fraction of sp³-hybridized carbons (Fsp3) is 0.375. The summed E-state index contributed by atoms with van der Waals surface area (Å²) in [5.41, 5.74) is 0.782. The topological polar surface area (TPSA) is 62.4 Å². The predicted octanol–water partition coefficient (Wildman–Crippen LogP) is 2.24. The predicted molar refractivity (Wildman–Crippen MR) is 81.0 cm³/mol. The minimum absolute atomic E-state index is 0.0106. The molecule has 0 spiro atoms. The summed E-state index contributed by atoms with van der Waals surface area (Å²) in [5.74, 6) is -0.725. The van der Waals surface area contributed by atoms with E-state index in [1.54, 1.807) is 12.1 Å². The molecule has 128 valence electrons. The molecule has 0 unspecified atom stereocenters. The van der Waals surface area contributed by atoms with Crippen molar-refractivity contribution in [2.24, 2.45) is 0 Å². The number of ether oxygens (including phenoxy) is 1. The Balaban J connectivity index is 1.94. The van der Waals surface area contributed by atoms with E-state index in [-0.39, 0.29) is 18.7 Å². The molecule has 1 aliphatic rings. The highest BCUT2D eigenvalue weighted by atomic mass is 19.4. The van der Waals surface area contributed by atoms with Crippen LogP contribution in [0.25, 0.3) is 10.9 Å². The molecule has 0 bridgehead atoms. The van der Waals surface area contributed by atoms with Crippen LogP contribution in [-0.2, 0) is 4.74 Å². The van der Waals surface area contributed by atoms with Gasteiger partial charge in [-0.1, -0.05) is 12.1 Å². The summed E-state index contributed by atoms with van der Waals surface area (Å²) in [4.78, 5) is 28.9. The second-order valence-electron chi connectivity index (χ2n) is 5.68. The van der Waals surface area contributed by atoms with Crippen LogP contribution in [-0.4, -0.2) is 47.8 Å². The summed E-state index contributed by atoms with van der Waals surface area (Å²) in [6.07, 6.45) is -5.32.